The molecule has 0 radical (unpaired) electrons. The minimum atomic E-state index is -2.03. The Morgan fingerprint density at radius 2 is 1.57 bits per heavy atom. The van der Waals surface area contributed by atoms with Gasteiger partial charge < -0.3 is 25.4 Å². The van der Waals surface area contributed by atoms with Crippen molar-refractivity contribution in [2.45, 2.75) is 165 Å². The standard InChI is InChI=1S/C33H57N5O7S/c1-32(16-4-2-5-17-32)27(36-31(43)37-33(21-46(44)45)18-6-3-7-19-33)30(42)38-20-8-9-25(38)28(40)35-24(15-12-22-10-11-22)26(39)29(41)34-23-13-14-23/h22-25,27,30-31,36-37,42-43H,2-21H2,1H3,(H,34,41)(H,35,40)(H,44,45)/t24-,25-,27+,30?,31?/m0/s1. The largest absolute Gasteiger partial charge is 0.377 e. The number of likely N-dealkylation sites (tertiary alicyclic amines) is 1. The fraction of sp³-hybridized carbons (Fsp3) is 0.909. The molecule has 0 spiro atoms. The average Bonchev–Trinajstić information content (AvgIpc) is 3.96. The molecule has 3 unspecified atom stereocenters. The van der Waals surface area contributed by atoms with Crippen molar-refractivity contribution in [2.24, 2.45) is 11.3 Å². The monoisotopic (exact) mass is 667 g/mol. The van der Waals surface area contributed by atoms with Crippen molar-refractivity contribution in [1.29, 1.82) is 0 Å². The summed E-state index contributed by atoms with van der Waals surface area (Å²) in [6.45, 7) is 2.60. The smallest absolute Gasteiger partial charge is 0.289 e. The molecule has 1 saturated heterocycles. The Kier molecular flexibility index (Phi) is 12.3. The van der Waals surface area contributed by atoms with Gasteiger partial charge in [0.25, 0.3) is 5.91 Å². The molecule has 7 N–H and O–H groups in total. The van der Waals surface area contributed by atoms with E-state index in [1.54, 1.807) is 4.90 Å². The first-order chi connectivity index (χ1) is 22.0. The van der Waals surface area contributed by atoms with Gasteiger partial charge in [-0.05, 0) is 75.5 Å². The third-order valence-corrected chi connectivity index (χ3v) is 12.1. The molecule has 0 aromatic heterocycles. The topological polar surface area (TPSA) is 180 Å². The maximum absolute atomic E-state index is 13.8. The van der Waals surface area contributed by atoms with Gasteiger partial charge in [-0.2, -0.15) is 0 Å². The molecule has 0 aromatic carbocycles. The van der Waals surface area contributed by atoms with E-state index >= 15 is 0 Å². The Hall–Kier alpha value is -1.48. The van der Waals surface area contributed by atoms with Crippen LogP contribution < -0.4 is 21.3 Å². The van der Waals surface area contributed by atoms with E-state index in [0.717, 1.165) is 83.5 Å². The molecule has 4 aliphatic carbocycles. The molecule has 5 aliphatic rings. The Morgan fingerprint density at radius 1 is 0.913 bits per heavy atom. The fourth-order valence-corrected chi connectivity index (χ4v) is 9.03. The number of ketones is 1. The Morgan fingerprint density at radius 3 is 2.17 bits per heavy atom. The molecule has 46 heavy (non-hydrogen) atoms. The van der Waals surface area contributed by atoms with Crippen molar-refractivity contribution in [3.63, 3.8) is 0 Å². The van der Waals surface area contributed by atoms with Crippen molar-refractivity contribution >= 4 is 28.7 Å². The van der Waals surface area contributed by atoms with E-state index in [1.807, 2.05) is 0 Å². The molecule has 12 nitrogen and oxygen atoms in total. The number of rotatable bonds is 17. The maximum atomic E-state index is 13.8. The molecule has 262 valence electrons. The van der Waals surface area contributed by atoms with Crippen molar-refractivity contribution < 1.29 is 33.4 Å². The molecular weight excluding hydrogens is 610 g/mol. The van der Waals surface area contributed by atoms with E-state index in [9.17, 15) is 33.4 Å². The van der Waals surface area contributed by atoms with Crippen molar-refractivity contribution in [3.05, 3.63) is 0 Å². The number of aliphatic hydroxyl groups excluding tert-OH is 2. The van der Waals surface area contributed by atoms with Gasteiger partial charge in [0.05, 0.1) is 23.9 Å². The molecule has 4 saturated carbocycles. The lowest BCUT2D eigenvalue weighted by Gasteiger charge is -2.48. The molecular formula is C33H57N5O7S. The molecule has 13 heteroatoms. The zero-order chi connectivity index (χ0) is 32.9. The summed E-state index contributed by atoms with van der Waals surface area (Å²) in [6, 6.07) is -2.13. The summed E-state index contributed by atoms with van der Waals surface area (Å²) in [7, 11) is 0. The number of hydrogen-bond donors (Lipinski definition) is 7. The van der Waals surface area contributed by atoms with E-state index < -0.39 is 59.0 Å². The van der Waals surface area contributed by atoms with Gasteiger partial charge in [-0.15, -0.1) is 0 Å². The summed E-state index contributed by atoms with van der Waals surface area (Å²) in [6.07, 6.45) is 13.0. The lowest BCUT2D eigenvalue weighted by atomic mass is 9.69. The van der Waals surface area contributed by atoms with Gasteiger partial charge >= 0.3 is 0 Å². The quantitative estimate of drug-likeness (QED) is 0.0689. The number of carbonyl (C=O) groups is 3. The van der Waals surface area contributed by atoms with Crippen LogP contribution in [-0.2, 0) is 25.5 Å². The molecule has 6 atom stereocenters. The summed E-state index contributed by atoms with van der Waals surface area (Å²) >= 11 is -2.03. The van der Waals surface area contributed by atoms with Gasteiger partial charge in [0.1, 0.15) is 6.23 Å². The number of nitrogens with one attached hydrogen (secondary N) is 4. The van der Waals surface area contributed by atoms with Crippen LogP contribution in [0.2, 0.25) is 0 Å². The molecule has 1 heterocycles. The second kappa shape index (κ2) is 15.8. The average molecular weight is 668 g/mol. The van der Waals surface area contributed by atoms with Gasteiger partial charge in [-0.1, -0.05) is 58.3 Å². The minimum absolute atomic E-state index is 0.0178. The lowest BCUT2D eigenvalue weighted by Crippen LogP contribution is -2.67. The van der Waals surface area contributed by atoms with Crippen LogP contribution >= 0.6 is 0 Å². The number of nitrogens with zero attached hydrogens (tertiary/aromatic N) is 1. The predicted octanol–water partition coefficient (Wildman–Crippen LogP) is 2.01. The summed E-state index contributed by atoms with van der Waals surface area (Å²) in [5, 5.41) is 35.6. The predicted molar refractivity (Wildman–Crippen MR) is 175 cm³/mol. The van der Waals surface area contributed by atoms with Crippen LogP contribution in [0, 0.1) is 11.3 Å². The van der Waals surface area contributed by atoms with Crippen molar-refractivity contribution in [3.8, 4) is 0 Å². The van der Waals surface area contributed by atoms with Crippen LogP contribution in [0.15, 0.2) is 0 Å². The van der Waals surface area contributed by atoms with Gasteiger partial charge in [0.15, 0.2) is 17.4 Å². The van der Waals surface area contributed by atoms with Crippen molar-refractivity contribution in [2.75, 3.05) is 12.3 Å². The van der Waals surface area contributed by atoms with Crippen LogP contribution in [-0.4, -0.2) is 96.1 Å². The zero-order valence-corrected chi connectivity index (χ0v) is 28.3. The second-order valence-corrected chi connectivity index (χ2v) is 16.1. The Balaban J connectivity index is 1.29. The van der Waals surface area contributed by atoms with Crippen LogP contribution in [0.3, 0.4) is 0 Å². The molecule has 1 aliphatic heterocycles. The first-order valence-electron chi connectivity index (χ1n) is 17.9. The van der Waals surface area contributed by atoms with E-state index in [1.165, 1.54) is 0 Å². The van der Waals surface area contributed by atoms with E-state index in [2.05, 4.69) is 28.2 Å². The van der Waals surface area contributed by atoms with Gasteiger partial charge in [0.2, 0.25) is 11.7 Å². The van der Waals surface area contributed by atoms with E-state index in [0.29, 0.717) is 44.6 Å². The fourth-order valence-electron chi connectivity index (χ4n) is 8.18. The molecule has 2 amide bonds. The highest BCUT2D eigenvalue weighted by Gasteiger charge is 2.47. The van der Waals surface area contributed by atoms with Gasteiger partial charge in [-0.3, -0.25) is 29.9 Å². The number of Topliss-reactive ketones (excluding diaryl/α,β-unsaturated/α-hetero) is 1. The molecule has 5 fully saturated rings. The summed E-state index contributed by atoms with van der Waals surface area (Å²) in [4.78, 5) is 41.4. The zero-order valence-electron chi connectivity index (χ0n) is 27.5. The third-order valence-electron chi connectivity index (χ3n) is 11.3. The maximum Gasteiger partial charge on any atom is 0.289 e. The van der Waals surface area contributed by atoms with Gasteiger partial charge in [0, 0.05) is 18.1 Å². The molecule has 0 aromatic rings. The highest BCUT2D eigenvalue weighted by molar-refractivity contribution is 7.79. The van der Waals surface area contributed by atoms with Crippen LogP contribution in [0.1, 0.15) is 122 Å². The number of carbonyl (C=O) groups excluding carboxylic acids is 3. The number of amides is 2. The van der Waals surface area contributed by atoms with Crippen LogP contribution in [0.5, 0.6) is 0 Å². The first-order valence-corrected chi connectivity index (χ1v) is 19.1. The highest BCUT2D eigenvalue weighted by atomic mass is 32.2. The summed E-state index contributed by atoms with van der Waals surface area (Å²) < 4.78 is 21.6. The lowest BCUT2D eigenvalue weighted by molar-refractivity contribution is -0.142. The van der Waals surface area contributed by atoms with Gasteiger partial charge in [-0.25, -0.2) is 4.21 Å². The van der Waals surface area contributed by atoms with E-state index in [-0.39, 0.29) is 23.1 Å². The SMILES string of the molecule is CC1([C@H](NC(O)NC2(CS(=O)O)CCCCC2)C(O)N2CCC[C@H]2C(=O)N[C@@H](CCC2CC2)C(=O)C(=O)NC2CC2)CCCCC1. The van der Waals surface area contributed by atoms with E-state index in [4.69, 9.17) is 0 Å². The summed E-state index contributed by atoms with van der Waals surface area (Å²) in [5.74, 6) is -1.04. The number of hydrogen-bond acceptors (Lipinski definition) is 9. The molecule has 0 bridgehead atoms. The number of aliphatic hydroxyl groups is 2. The van der Waals surface area contributed by atoms with Crippen LogP contribution in [0.25, 0.3) is 0 Å². The van der Waals surface area contributed by atoms with Crippen LogP contribution in [0.4, 0.5) is 0 Å². The Bertz CT molecular complexity index is 1090. The third kappa shape index (κ3) is 9.57. The van der Waals surface area contributed by atoms with Crippen molar-refractivity contribution in [1.82, 2.24) is 26.2 Å². The normalized spacial score (nSPS) is 28.0. The second-order valence-electron chi connectivity index (χ2n) is 15.2. The first kappa shape index (κ1) is 35.8. The minimum Gasteiger partial charge on any atom is -0.377 e. The highest BCUT2D eigenvalue weighted by Crippen LogP contribution is 2.42. The summed E-state index contributed by atoms with van der Waals surface area (Å²) in [5.41, 5.74) is -1.05. The molecule has 5 rings (SSSR count). The Labute approximate surface area is 276 Å².